The second-order valence-electron chi connectivity index (χ2n) is 4.83. The van der Waals surface area contributed by atoms with Gasteiger partial charge in [0.15, 0.2) is 0 Å². The van der Waals surface area contributed by atoms with E-state index in [1.165, 1.54) is 12.1 Å². The highest BCUT2D eigenvalue weighted by molar-refractivity contribution is 5.98. The van der Waals surface area contributed by atoms with Gasteiger partial charge in [0, 0.05) is 0 Å². The monoisotopic (exact) mass is 275 g/mol. The molecule has 0 spiro atoms. The molecule has 0 aliphatic heterocycles. The second kappa shape index (κ2) is 4.49. The molecule has 4 heteroatoms. The van der Waals surface area contributed by atoms with Gasteiger partial charge >= 0.3 is 6.18 Å². The van der Waals surface area contributed by atoms with Crippen LogP contribution in [0, 0.1) is 0 Å². The van der Waals surface area contributed by atoms with E-state index in [4.69, 9.17) is 5.73 Å². The summed E-state index contributed by atoms with van der Waals surface area (Å²) < 4.78 is 38.0. The number of halogens is 3. The van der Waals surface area contributed by atoms with Crippen molar-refractivity contribution < 1.29 is 13.2 Å². The Balaban J connectivity index is 2.18. The van der Waals surface area contributed by atoms with Crippen LogP contribution >= 0.6 is 0 Å². The van der Waals surface area contributed by atoms with E-state index in [1.54, 1.807) is 6.07 Å². The summed E-state index contributed by atoms with van der Waals surface area (Å²) in [5, 5.41) is 3.73. The van der Waals surface area contributed by atoms with Crippen molar-refractivity contribution in [1.29, 1.82) is 0 Å². The minimum atomic E-state index is -4.43. The van der Waals surface area contributed by atoms with Crippen LogP contribution in [0.15, 0.2) is 54.6 Å². The maximum Gasteiger partial charge on any atom is 0.407 e. The van der Waals surface area contributed by atoms with E-state index >= 15 is 0 Å². The first-order valence-corrected chi connectivity index (χ1v) is 6.20. The molecule has 0 aromatic heterocycles. The largest absolute Gasteiger partial charge is 0.407 e. The molecule has 3 aromatic carbocycles. The molecule has 0 aliphatic carbocycles. The fourth-order valence-electron chi connectivity index (χ4n) is 2.34. The zero-order valence-electron chi connectivity index (χ0n) is 10.5. The third kappa shape index (κ3) is 2.23. The molecule has 0 saturated carbocycles. The van der Waals surface area contributed by atoms with Crippen LogP contribution < -0.4 is 5.73 Å². The molecule has 0 heterocycles. The quantitative estimate of drug-likeness (QED) is 0.647. The first-order chi connectivity index (χ1) is 9.45. The van der Waals surface area contributed by atoms with Crippen molar-refractivity contribution in [2.24, 2.45) is 5.73 Å². The number of benzene rings is 3. The Morgan fingerprint density at radius 3 is 1.90 bits per heavy atom. The van der Waals surface area contributed by atoms with E-state index in [0.717, 1.165) is 21.5 Å². The summed E-state index contributed by atoms with van der Waals surface area (Å²) in [5.74, 6) is 0. The van der Waals surface area contributed by atoms with Gasteiger partial charge in [0.1, 0.15) is 6.04 Å². The molecule has 0 amide bonds. The van der Waals surface area contributed by atoms with E-state index in [-0.39, 0.29) is 5.56 Å². The van der Waals surface area contributed by atoms with Crippen LogP contribution in [0.2, 0.25) is 0 Å². The van der Waals surface area contributed by atoms with E-state index < -0.39 is 12.2 Å². The molecule has 0 bridgehead atoms. The minimum Gasteiger partial charge on any atom is -0.316 e. The third-order valence-electron chi connectivity index (χ3n) is 3.44. The van der Waals surface area contributed by atoms with E-state index in [1.807, 2.05) is 36.4 Å². The molecule has 0 radical (unpaired) electrons. The van der Waals surface area contributed by atoms with Crippen molar-refractivity contribution in [3.8, 4) is 0 Å². The predicted molar refractivity (Wildman–Crippen MR) is 74.4 cm³/mol. The van der Waals surface area contributed by atoms with Gasteiger partial charge in [0.05, 0.1) is 0 Å². The lowest BCUT2D eigenvalue weighted by Crippen LogP contribution is -2.28. The lowest BCUT2D eigenvalue weighted by molar-refractivity contribution is -0.149. The molecule has 0 fully saturated rings. The Hall–Kier alpha value is -2.07. The van der Waals surface area contributed by atoms with Gasteiger partial charge in [0.25, 0.3) is 0 Å². The summed E-state index contributed by atoms with van der Waals surface area (Å²) >= 11 is 0. The molecule has 20 heavy (non-hydrogen) atoms. The Kier molecular flexibility index (Phi) is 2.91. The molecule has 0 aliphatic rings. The highest BCUT2D eigenvalue weighted by Gasteiger charge is 2.37. The SMILES string of the molecule is N[C@H](c1ccc2cc3ccccc3cc2c1)C(F)(F)F. The van der Waals surface area contributed by atoms with Crippen molar-refractivity contribution in [3.05, 3.63) is 60.2 Å². The fourth-order valence-corrected chi connectivity index (χ4v) is 2.34. The highest BCUT2D eigenvalue weighted by Crippen LogP contribution is 2.32. The maximum atomic E-state index is 12.7. The Labute approximate surface area is 113 Å². The van der Waals surface area contributed by atoms with Crippen molar-refractivity contribution in [2.45, 2.75) is 12.2 Å². The molecule has 1 nitrogen and oxygen atoms in total. The Bertz CT molecular complexity index is 777. The molecule has 1 atom stereocenters. The summed E-state index contributed by atoms with van der Waals surface area (Å²) in [6.07, 6.45) is -4.43. The van der Waals surface area contributed by atoms with Gasteiger partial charge in [-0.25, -0.2) is 0 Å². The number of hydrogen-bond donors (Lipinski definition) is 1. The van der Waals surface area contributed by atoms with Crippen molar-refractivity contribution in [2.75, 3.05) is 0 Å². The average molecular weight is 275 g/mol. The van der Waals surface area contributed by atoms with Crippen molar-refractivity contribution in [1.82, 2.24) is 0 Å². The van der Waals surface area contributed by atoms with Gasteiger partial charge in [-0.2, -0.15) is 13.2 Å². The molecule has 3 rings (SSSR count). The van der Waals surface area contributed by atoms with Crippen molar-refractivity contribution >= 4 is 21.5 Å². The van der Waals surface area contributed by atoms with Crippen LogP contribution in [-0.4, -0.2) is 6.18 Å². The maximum absolute atomic E-state index is 12.7. The van der Waals surface area contributed by atoms with Crippen molar-refractivity contribution in [3.63, 3.8) is 0 Å². The lowest BCUT2D eigenvalue weighted by atomic mass is 9.99. The Morgan fingerprint density at radius 2 is 1.30 bits per heavy atom. The number of nitrogens with two attached hydrogens (primary N) is 1. The minimum absolute atomic E-state index is 0.0836. The van der Waals surface area contributed by atoms with E-state index in [9.17, 15) is 13.2 Å². The first kappa shape index (κ1) is 12.9. The van der Waals surface area contributed by atoms with Gasteiger partial charge in [0.2, 0.25) is 0 Å². The van der Waals surface area contributed by atoms with E-state index in [2.05, 4.69) is 0 Å². The number of rotatable bonds is 1. The summed E-state index contributed by atoms with van der Waals surface area (Å²) in [6, 6.07) is 14.3. The lowest BCUT2D eigenvalue weighted by Gasteiger charge is -2.16. The van der Waals surface area contributed by atoms with Crippen LogP contribution in [-0.2, 0) is 0 Å². The predicted octanol–water partition coefficient (Wildman–Crippen LogP) is 4.56. The van der Waals surface area contributed by atoms with Crippen LogP contribution in [0.1, 0.15) is 11.6 Å². The van der Waals surface area contributed by atoms with Gasteiger partial charge in [-0.15, -0.1) is 0 Å². The molecule has 0 unspecified atom stereocenters. The van der Waals surface area contributed by atoms with Gasteiger partial charge in [-0.05, 0) is 45.3 Å². The average Bonchev–Trinajstić information content (AvgIpc) is 2.42. The third-order valence-corrected chi connectivity index (χ3v) is 3.44. The van der Waals surface area contributed by atoms with Crippen LogP contribution in [0.5, 0.6) is 0 Å². The number of alkyl halides is 3. The second-order valence-corrected chi connectivity index (χ2v) is 4.83. The molecular formula is C16H12F3N. The zero-order valence-corrected chi connectivity index (χ0v) is 10.5. The van der Waals surface area contributed by atoms with E-state index in [0.29, 0.717) is 0 Å². The molecule has 3 aromatic rings. The fraction of sp³-hybridized carbons (Fsp3) is 0.125. The van der Waals surface area contributed by atoms with Crippen LogP contribution in [0.3, 0.4) is 0 Å². The molecule has 0 saturated heterocycles. The summed E-state index contributed by atoms with van der Waals surface area (Å²) in [5.41, 5.74) is 5.33. The topological polar surface area (TPSA) is 26.0 Å². The summed E-state index contributed by atoms with van der Waals surface area (Å²) in [6.45, 7) is 0. The summed E-state index contributed by atoms with van der Waals surface area (Å²) in [4.78, 5) is 0. The first-order valence-electron chi connectivity index (χ1n) is 6.20. The number of hydrogen-bond acceptors (Lipinski definition) is 1. The molecular weight excluding hydrogens is 263 g/mol. The van der Waals surface area contributed by atoms with Gasteiger partial charge in [-0.3, -0.25) is 0 Å². The molecule has 2 N–H and O–H groups in total. The van der Waals surface area contributed by atoms with Crippen LogP contribution in [0.25, 0.3) is 21.5 Å². The molecule has 102 valence electrons. The zero-order chi connectivity index (χ0) is 14.3. The summed E-state index contributed by atoms with van der Waals surface area (Å²) in [7, 11) is 0. The smallest absolute Gasteiger partial charge is 0.316 e. The van der Waals surface area contributed by atoms with Gasteiger partial charge in [-0.1, -0.05) is 36.4 Å². The number of fused-ring (bicyclic) bond motifs is 2. The standard InChI is InChI=1S/C16H12F3N/c17-16(18,19)15(20)13-6-5-12-7-10-3-1-2-4-11(10)8-14(12)9-13/h1-9,15H,20H2/t15-/m1/s1. The highest BCUT2D eigenvalue weighted by atomic mass is 19.4. The normalized spacial score (nSPS) is 13.8. The Morgan fingerprint density at radius 1 is 0.750 bits per heavy atom. The van der Waals surface area contributed by atoms with Crippen LogP contribution in [0.4, 0.5) is 13.2 Å². The van der Waals surface area contributed by atoms with Gasteiger partial charge < -0.3 is 5.73 Å².